The van der Waals surface area contributed by atoms with Gasteiger partial charge in [-0.1, -0.05) is 19.1 Å². The number of nitrogens with one attached hydrogen (secondary N) is 1. The fraction of sp³-hybridized carbons (Fsp3) is 0.556. The van der Waals surface area contributed by atoms with Crippen LogP contribution in [0.15, 0.2) is 24.3 Å². The van der Waals surface area contributed by atoms with E-state index < -0.39 is 0 Å². The van der Waals surface area contributed by atoms with Crippen LogP contribution in [0.5, 0.6) is 0 Å². The Hall–Kier alpha value is -1.50. The molecule has 6 heteroatoms. The zero-order chi connectivity index (χ0) is 16.9. The minimum Gasteiger partial charge on any atom is -0.395 e. The van der Waals surface area contributed by atoms with Gasteiger partial charge in [0.1, 0.15) is 0 Å². The van der Waals surface area contributed by atoms with Crippen molar-refractivity contribution in [1.82, 2.24) is 15.2 Å². The third kappa shape index (κ3) is 4.12. The van der Waals surface area contributed by atoms with Gasteiger partial charge in [-0.05, 0) is 37.4 Å². The van der Waals surface area contributed by atoms with Crippen molar-refractivity contribution in [3.8, 4) is 0 Å². The third-order valence-electron chi connectivity index (χ3n) is 4.76. The standard InChI is InChI=1S/C18H25N3O2S/c1-13-5-4-10-21(15(13)12-22)11-17(23)19-9-8-18-20-14-6-2-3-7-16(14)24-18/h2-3,6-7,13,15,22H,4-5,8-12H2,1H3,(H,19,23). The number of hydrogen-bond donors (Lipinski definition) is 2. The third-order valence-corrected chi connectivity index (χ3v) is 5.86. The van der Waals surface area contributed by atoms with E-state index in [1.807, 2.05) is 18.2 Å². The second kappa shape index (κ2) is 8.05. The first kappa shape index (κ1) is 17.3. The molecule has 1 aromatic carbocycles. The Morgan fingerprint density at radius 2 is 2.29 bits per heavy atom. The lowest BCUT2D eigenvalue weighted by molar-refractivity contribution is -0.123. The van der Waals surface area contributed by atoms with Gasteiger partial charge in [-0.2, -0.15) is 0 Å². The second-order valence-electron chi connectivity index (χ2n) is 6.52. The second-order valence-corrected chi connectivity index (χ2v) is 7.63. The molecule has 1 aliphatic rings. The summed E-state index contributed by atoms with van der Waals surface area (Å²) in [5.74, 6) is 0.475. The van der Waals surface area contributed by atoms with E-state index in [0.717, 1.165) is 36.3 Å². The fourth-order valence-corrected chi connectivity index (χ4v) is 4.37. The number of aromatic nitrogens is 1. The normalized spacial score (nSPS) is 21.9. The lowest BCUT2D eigenvalue weighted by atomic mass is 9.91. The van der Waals surface area contributed by atoms with Gasteiger partial charge in [0.25, 0.3) is 0 Å². The van der Waals surface area contributed by atoms with Crippen LogP contribution in [0.25, 0.3) is 10.2 Å². The predicted octanol–water partition coefficient (Wildman–Crippen LogP) is 2.05. The van der Waals surface area contributed by atoms with Crippen LogP contribution in [0, 0.1) is 5.92 Å². The summed E-state index contributed by atoms with van der Waals surface area (Å²) in [6.45, 7) is 4.14. The van der Waals surface area contributed by atoms with Crippen LogP contribution >= 0.6 is 11.3 Å². The molecule has 24 heavy (non-hydrogen) atoms. The van der Waals surface area contributed by atoms with Crippen LogP contribution in [-0.4, -0.2) is 53.2 Å². The minimum atomic E-state index is 0.0312. The molecular formula is C18H25N3O2S. The first-order valence-electron chi connectivity index (χ1n) is 8.63. The lowest BCUT2D eigenvalue weighted by Gasteiger charge is -2.38. The van der Waals surface area contributed by atoms with Crippen LogP contribution in [0.1, 0.15) is 24.8 Å². The number of aliphatic hydroxyl groups is 1. The molecule has 3 rings (SSSR count). The van der Waals surface area contributed by atoms with E-state index in [9.17, 15) is 9.90 Å². The number of likely N-dealkylation sites (tertiary alicyclic amines) is 1. The molecule has 1 aliphatic heterocycles. The topological polar surface area (TPSA) is 65.5 Å². The average molecular weight is 347 g/mol. The molecule has 2 aromatic rings. The molecule has 2 unspecified atom stereocenters. The van der Waals surface area contributed by atoms with E-state index in [-0.39, 0.29) is 18.6 Å². The number of nitrogens with zero attached hydrogens (tertiary/aromatic N) is 2. The molecule has 2 heterocycles. The molecule has 2 atom stereocenters. The summed E-state index contributed by atoms with van der Waals surface area (Å²) in [7, 11) is 0. The summed E-state index contributed by atoms with van der Waals surface area (Å²) in [6.07, 6.45) is 2.97. The Kier molecular flexibility index (Phi) is 5.81. The molecule has 2 N–H and O–H groups in total. The largest absolute Gasteiger partial charge is 0.395 e. The Balaban J connectivity index is 1.47. The van der Waals surface area contributed by atoms with Gasteiger partial charge in [0.05, 0.1) is 28.4 Å². The molecule has 0 radical (unpaired) electrons. The first-order chi connectivity index (χ1) is 11.7. The summed E-state index contributed by atoms with van der Waals surface area (Å²) in [5.41, 5.74) is 1.02. The van der Waals surface area contributed by atoms with Crippen LogP contribution in [0.3, 0.4) is 0 Å². The quantitative estimate of drug-likeness (QED) is 0.839. The van der Waals surface area contributed by atoms with Gasteiger partial charge in [0.2, 0.25) is 5.91 Å². The number of carbonyl (C=O) groups is 1. The molecule has 1 aromatic heterocycles. The van der Waals surface area contributed by atoms with Crippen LogP contribution < -0.4 is 5.32 Å². The van der Waals surface area contributed by atoms with Crippen molar-refractivity contribution in [2.24, 2.45) is 5.92 Å². The summed E-state index contributed by atoms with van der Waals surface area (Å²) in [5, 5.41) is 13.6. The van der Waals surface area contributed by atoms with Gasteiger partial charge < -0.3 is 10.4 Å². The van der Waals surface area contributed by atoms with Crippen molar-refractivity contribution in [3.05, 3.63) is 29.3 Å². The van der Waals surface area contributed by atoms with Crippen LogP contribution in [0.4, 0.5) is 0 Å². The zero-order valence-corrected chi connectivity index (χ0v) is 14.9. The summed E-state index contributed by atoms with van der Waals surface area (Å²) in [6, 6.07) is 8.20. The number of amides is 1. The number of hydrogen-bond acceptors (Lipinski definition) is 5. The molecule has 1 saturated heterocycles. The fourth-order valence-electron chi connectivity index (χ4n) is 3.40. The number of piperidine rings is 1. The monoisotopic (exact) mass is 347 g/mol. The number of benzene rings is 1. The maximum Gasteiger partial charge on any atom is 0.234 e. The summed E-state index contributed by atoms with van der Waals surface area (Å²) in [4.78, 5) is 18.9. The SMILES string of the molecule is CC1CCCN(CC(=O)NCCc2nc3ccccc3s2)C1CO. The van der Waals surface area contributed by atoms with Crippen LogP contribution in [-0.2, 0) is 11.2 Å². The number of carbonyl (C=O) groups excluding carboxylic acids is 1. The maximum absolute atomic E-state index is 12.2. The van der Waals surface area contributed by atoms with E-state index in [4.69, 9.17) is 0 Å². The summed E-state index contributed by atoms with van der Waals surface area (Å²) < 4.78 is 1.19. The van der Waals surface area contributed by atoms with Gasteiger partial charge in [-0.25, -0.2) is 4.98 Å². The molecule has 130 valence electrons. The smallest absolute Gasteiger partial charge is 0.234 e. The minimum absolute atomic E-state index is 0.0312. The molecular weight excluding hydrogens is 322 g/mol. The molecule has 1 fully saturated rings. The van der Waals surface area contributed by atoms with Crippen molar-refractivity contribution >= 4 is 27.5 Å². The molecule has 0 aliphatic carbocycles. The van der Waals surface area contributed by atoms with E-state index in [0.29, 0.717) is 19.0 Å². The first-order valence-corrected chi connectivity index (χ1v) is 9.45. The summed E-state index contributed by atoms with van der Waals surface area (Å²) >= 11 is 1.68. The molecule has 0 spiro atoms. The molecule has 5 nitrogen and oxygen atoms in total. The average Bonchev–Trinajstić information content (AvgIpc) is 2.98. The van der Waals surface area contributed by atoms with Gasteiger partial charge in [-0.3, -0.25) is 9.69 Å². The molecule has 0 bridgehead atoms. The van der Waals surface area contributed by atoms with E-state index in [2.05, 4.69) is 28.2 Å². The van der Waals surface area contributed by atoms with E-state index >= 15 is 0 Å². The number of fused-ring (bicyclic) bond motifs is 1. The Bertz CT molecular complexity index is 655. The number of rotatable bonds is 6. The number of thiazole rings is 1. The maximum atomic E-state index is 12.2. The highest BCUT2D eigenvalue weighted by atomic mass is 32.1. The van der Waals surface area contributed by atoms with Crippen LogP contribution in [0.2, 0.25) is 0 Å². The Labute approximate surface area is 146 Å². The highest BCUT2D eigenvalue weighted by Gasteiger charge is 2.28. The highest BCUT2D eigenvalue weighted by molar-refractivity contribution is 7.18. The zero-order valence-electron chi connectivity index (χ0n) is 14.1. The van der Waals surface area contributed by atoms with Crippen molar-refractivity contribution < 1.29 is 9.90 Å². The van der Waals surface area contributed by atoms with Gasteiger partial charge in [-0.15, -0.1) is 11.3 Å². The number of aliphatic hydroxyl groups excluding tert-OH is 1. The number of para-hydroxylation sites is 1. The molecule has 1 amide bonds. The lowest BCUT2D eigenvalue weighted by Crippen LogP contribution is -2.50. The highest BCUT2D eigenvalue weighted by Crippen LogP contribution is 2.23. The van der Waals surface area contributed by atoms with Gasteiger partial charge in [0, 0.05) is 19.0 Å². The Morgan fingerprint density at radius 1 is 1.46 bits per heavy atom. The van der Waals surface area contributed by atoms with Crippen molar-refractivity contribution in [1.29, 1.82) is 0 Å². The molecule has 0 saturated carbocycles. The van der Waals surface area contributed by atoms with Gasteiger partial charge in [0.15, 0.2) is 0 Å². The van der Waals surface area contributed by atoms with Crippen molar-refractivity contribution in [2.75, 3.05) is 26.2 Å². The van der Waals surface area contributed by atoms with Crippen molar-refractivity contribution in [3.63, 3.8) is 0 Å². The Morgan fingerprint density at radius 3 is 3.08 bits per heavy atom. The van der Waals surface area contributed by atoms with E-state index in [1.54, 1.807) is 11.3 Å². The van der Waals surface area contributed by atoms with Crippen molar-refractivity contribution in [2.45, 2.75) is 32.2 Å². The van der Waals surface area contributed by atoms with E-state index in [1.165, 1.54) is 4.70 Å². The predicted molar refractivity (Wildman–Crippen MR) is 97.2 cm³/mol. The van der Waals surface area contributed by atoms with Gasteiger partial charge >= 0.3 is 0 Å².